The second kappa shape index (κ2) is 11.7. The fourth-order valence-electron chi connectivity index (χ4n) is 5.10. The van der Waals surface area contributed by atoms with Crippen LogP contribution in [0.2, 0.25) is 0 Å². The van der Waals surface area contributed by atoms with Crippen LogP contribution in [0.4, 0.5) is 17.6 Å². The molecule has 3 aromatic rings. The Bertz CT molecular complexity index is 1580. The Kier molecular flexibility index (Phi) is 8.73. The number of ketones is 1. The van der Waals surface area contributed by atoms with Gasteiger partial charge in [-0.2, -0.15) is 13.2 Å². The molecule has 4 rings (SSSR count). The molecule has 0 aliphatic heterocycles. The van der Waals surface area contributed by atoms with E-state index in [2.05, 4.69) is 0 Å². The zero-order chi connectivity index (χ0) is 29.2. The van der Waals surface area contributed by atoms with Crippen LogP contribution in [0.3, 0.4) is 0 Å². The highest BCUT2D eigenvalue weighted by molar-refractivity contribution is 7.92. The first-order valence-electron chi connectivity index (χ1n) is 13.4. The Morgan fingerprint density at radius 1 is 1.15 bits per heavy atom. The van der Waals surface area contributed by atoms with Crippen molar-refractivity contribution in [1.82, 2.24) is 4.57 Å². The van der Waals surface area contributed by atoms with Gasteiger partial charge in [-0.05, 0) is 62.8 Å². The first-order valence-corrected chi connectivity index (χ1v) is 15.1. The van der Waals surface area contributed by atoms with E-state index in [-0.39, 0.29) is 40.7 Å². The quantitative estimate of drug-likeness (QED) is 0.135. The van der Waals surface area contributed by atoms with E-state index in [1.807, 2.05) is 13.0 Å². The number of aromatic nitrogens is 1. The maximum absolute atomic E-state index is 14.8. The Balaban J connectivity index is 2.00. The van der Waals surface area contributed by atoms with Gasteiger partial charge < -0.3 is 4.57 Å². The van der Waals surface area contributed by atoms with Gasteiger partial charge in [-0.15, -0.1) is 0 Å². The van der Waals surface area contributed by atoms with Crippen LogP contribution in [-0.2, 0) is 33.8 Å². The summed E-state index contributed by atoms with van der Waals surface area (Å²) >= 11 is 0. The minimum absolute atomic E-state index is 0.00193. The van der Waals surface area contributed by atoms with E-state index in [0.29, 0.717) is 41.6 Å². The molecule has 1 fully saturated rings. The number of hydrogen-bond acceptors (Lipinski definition) is 3. The third-order valence-electron chi connectivity index (χ3n) is 7.16. The third-order valence-corrected chi connectivity index (χ3v) is 9.68. The van der Waals surface area contributed by atoms with E-state index in [1.165, 1.54) is 19.1 Å². The lowest BCUT2D eigenvalue weighted by molar-refractivity contribution is -0.137. The van der Waals surface area contributed by atoms with Crippen molar-refractivity contribution in [3.05, 3.63) is 88.9 Å². The van der Waals surface area contributed by atoms with E-state index in [1.54, 1.807) is 41.8 Å². The van der Waals surface area contributed by atoms with Gasteiger partial charge in [0.25, 0.3) is 0 Å². The largest absolute Gasteiger partial charge is 0.416 e. The maximum atomic E-state index is 14.8. The summed E-state index contributed by atoms with van der Waals surface area (Å²) in [7, 11) is -3.32. The summed E-state index contributed by atoms with van der Waals surface area (Å²) < 4.78 is 83.6. The zero-order valence-corrected chi connectivity index (χ0v) is 23.6. The second-order valence-corrected chi connectivity index (χ2v) is 12.9. The van der Waals surface area contributed by atoms with E-state index in [4.69, 9.17) is 0 Å². The van der Waals surface area contributed by atoms with Crippen LogP contribution >= 0.6 is 0 Å². The predicted octanol–water partition coefficient (Wildman–Crippen LogP) is 7.54. The normalized spacial score (nSPS) is 15.7. The van der Waals surface area contributed by atoms with Crippen molar-refractivity contribution in [2.75, 3.05) is 5.75 Å². The fourth-order valence-corrected chi connectivity index (χ4v) is 7.14. The number of allylic oxidation sites excluding steroid dienone is 4. The molecule has 0 unspecified atom stereocenters. The van der Waals surface area contributed by atoms with Crippen molar-refractivity contribution in [2.45, 2.75) is 64.4 Å². The highest BCUT2D eigenvalue weighted by Gasteiger charge is 2.37. The molecule has 40 heavy (non-hydrogen) atoms. The summed E-state index contributed by atoms with van der Waals surface area (Å²) in [5, 5.41) is -0.135. The fraction of sp³-hybridized carbons (Fsp3) is 0.387. The van der Waals surface area contributed by atoms with Gasteiger partial charge in [0, 0.05) is 33.3 Å². The van der Waals surface area contributed by atoms with Gasteiger partial charge in [0.1, 0.15) is 5.82 Å². The number of sulfone groups is 1. The van der Waals surface area contributed by atoms with Gasteiger partial charge in [-0.3, -0.25) is 4.79 Å². The summed E-state index contributed by atoms with van der Waals surface area (Å²) in [5.74, 6) is -1.29. The minimum atomic E-state index is -4.62. The first-order chi connectivity index (χ1) is 18.8. The molecule has 1 aliphatic carbocycles. The third kappa shape index (κ3) is 6.57. The van der Waals surface area contributed by atoms with Crippen molar-refractivity contribution >= 4 is 32.1 Å². The van der Waals surface area contributed by atoms with Gasteiger partial charge in [-0.25, -0.2) is 12.8 Å². The van der Waals surface area contributed by atoms with Gasteiger partial charge in [-0.1, -0.05) is 50.3 Å². The van der Waals surface area contributed by atoms with Crippen LogP contribution in [0, 0.1) is 11.7 Å². The molecule has 0 bridgehead atoms. The van der Waals surface area contributed by atoms with Crippen LogP contribution in [0.25, 0.3) is 16.5 Å². The summed E-state index contributed by atoms with van der Waals surface area (Å²) in [6.45, 7) is 5.05. The van der Waals surface area contributed by atoms with Crippen molar-refractivity contribution in [3.8, 4) is 0 Å². The minimum Gasteiger partial charge on any atom is -0.339 e. The lowest BCUT2D eigenvalue weighted by atomic mass is 9.94. The summed E-state index contributed by atoms with van der Waals surface area (Å²) in [6.07, 6.45) is 2.62. The molecule has 0 N–H and O–H groups in total. The van der Waals surface area contributed by atoms with Crippen LogP contribution in [0.5, 0.6) is 0 Å². The van der Waals surface area contributed by atoms with E-state index in [9.17, 15) is 30.8 Å². The van der Waals surface area contributed by atoms with Gasteiger partial charge in [0.2, 0.25) is 0 Å². The van der Waals surface area contributed by atoms with Crippen molar-refractivity contribution in [2.24, 2.45) is 5.92 Å². The number of Topliss-reactive ketones (excluding diaryl/α,β-unsaturated/α-hetero) is 1. The zero-order valence-electron chi connectivity index (χ0n) is 22.8. The van der Waals surface area contributed by atoms with E-state index in [0.717, 1.165) is 12.1 Å². The molecule has 1 aliphatic rings. The van der Waals surface area contributed by atoms with Crippen molar-refractivity contribution in [3.63, 3.8) is 0 Å². The molecule has 1 aromatic heterocycles. The number of hydrogen-bond donors (Lipinski definition) is 0. The average Bonchev–Trinajstić information content (AvgIpc) is 3.69. The average molecular weight is 576 g/mol. The SMILES string of the molecule is CC/C=C\C=C(/C(C)=O)c1c(C[C@H](C)CS(=O)(=O)C2CC2)n(Cc2ccccc2F)c2ccc(C(F)(F)F)cc12. The lowest BCUT2D eigenvalue weighted by Gasteiger charge is -2.18. The number of halogens is 4. The molecular formula is C31H33F4NO3S. The second-order valence-electron chi connectivity index (χ2n) is 10.5. The summed E-state index contributed by atoms with van der Waals surface area (Å²) in [5.41, 5.74) is 0.902. The standard InChI is InChI=1S/C31H33F4NO3S/c1-4-5-6-10-25(21(3)37)30-26-17-23(31(33,34)35)12-15-28(26)36(18-22-9-7-8-11-27(22)32)29(30)16-20(2)19-40(38,39)24-13-14-24/h5-12,15,17,20,24H,4,13-14,16,18-19H2,1-3H3/b6-5-,25-10+/t20-/m0/s1. The van der Waals surface area contributed by atoms with Crippen LogP contribution in [0.1, 0.15) is 62.4 Å². The van der Waals surface area contributed by atoms with E-state index >= 15 is 0 Å². The van der Waals surface area contributed by atoms with Crippen molar-refractivity contribution in [1.29, 1.82) is 0 Å². The summed E-state index contributed by atoms with van der Waals surface area (Å²) in [4.78, 5) is 13.0. The predicted molar refractivity (Wildman–Crippen MR) is 150 cm³/mol. The number of carbonyl (C=O) groups is 1. The molecule has 0 radical (unpaired) electrons. The first kappa shape index (κ1) is 29.8. The Morgan fingerprint density at radius 3 is 2.45 bits per heavy atom. The van der Waals surface area contributed by atoms with Crippen molar-refractivity contribution < 1.29 is 30.8 Å². The summed E-state index contributed by atoms with van der Waals surface area (Å²) in [6, 6.07) is 9.48. The molecule has 1 atom stereocenters. The van der Waals surface area contributed by atoms with Gasteiger partial charge >= 0.3 is 6.18 Å². The monoisotopic (exact) mass is 575 g/mol. The number of fused-ring (bicyclic) bond motifs is 1. The van der Waals surface area contributed by atoms with Gasteiger partial charge in [0.05, 0.1) is 23.1 Å². The molecule has 2 aromatic carbocycles. The molecule has 0 saturated heterocycles. The molecule has 9 heteroatoms. The van der Waals surface area contributed by atoms with Crippen LogP contribution in [0.15, 0.2) is 60.7 Å². The highest BCUT2D eigenvalue weighted by Crippen LogP contribution is 2.39. The number of benzene rings is 2. The molecular weight excluding hydrogens is 542 g/mol. The smallest absolute Gasteiger partial charge is 0.339 e. The van der Waals surface area contributed by atoms with Crippen LogP contribution in [-0.4, -0.2) is 29.8 Å². The number of nitrogens with zero attached hydrogens (tertiary/aromatic N) is 1. The molecule has 4 nitrogen and oxygen atoms in total. The maximum Gasteiger partial charge on any atom is 0.416 e. The van der Waals surface area contributed by atoms with Gasteiger partial charge in [0.15, 0.2) is 15.6 Å². The Hall–Kier alpha value is -3.20. The number of carbonyl (C=O) groups excluding carboxylic acids is 1. The highest BCUT2D eigenvalue weighted by atomic mass is 32.2. The molecule has 1 saturated carbocycles. The number of alkyl halides is 3. The molecule has 0 spiro atoms. The molecule has 214 valence electrons. The van der Waals surface area contributed by atoms with Crippen LogP contribution < -0.4 is 0 Å². The molecule has 1 heterocycles. The lowest BCUT2D eigenvalue weighted by Crippen LogP contribution is -2.21. The Morgan fingerprint density at radius 2 is 1.85 bits per heavy atom. The van der Waals surface area contributed by atoms with E-state index < -0.39 is 33.3 Å². The Labute approximate surface area is 232 Å². The molecule has 0 amide bonds. The number of rotatable bonds is 11. The topological polar surface area (TPSA) is 56.1 Å².